The lowest BCUT2D eigenvalue weighted by atomic mass is 9.69. The summed E-state index contributed by atoms with van der Waals surface area (Å²) in [5.74, 6) is 4.39. The molecule has 0 saturated heterocycles. The lowest BCUT2D eigenvalue weighted by Gasteiger charge is -2.47. The molecule has 0 aromatic heterocycles. The molecule has 13 heteroatoms. The van der Waals surface area contributed by atoms with Crippen LogP contribution in [0.15, 0.2) is 52.6 Å². The van der Waals surface area contributed by atoms with Gasteiger partial charge in [-0.3, -0.25) is 14.6 Å². The first-order valence-corrected chi connectivity index (χ1v) is 14.9. The Kier molecular flexibility index (Phi) is 11.4. The van der Waals surface area contributed by atoms with Gasteiger partial charge in [0.15, 0.2) is 0 Å². The van der Waals surface area contributed by atoms with Crippen LogP contribution in [0.2, 0.25) is 0 Å². The van der Waals surface area contributed by atoms with Crippen molar-refractivity contribution in [2.24, 2.45) is 38.7 Å². The van der Waals surface area contributed by atoms with Crippen LogP contribution in [0.1, 0.15) is 94.5 Å². The number of halogens is 4. The van der Waals surface area contributed by atoms with E-state index in [-0.39, 0.29) is 29.1 Å². The molecular formula is C32H43F4N7O2. The maximum Gasteiger partial charge on any atom is 0.416 e. The molecule has 9 nitrogen and oxygen atoms in total. The minimum absolute atomic E-state index is 0.0645. The molecule has 1 aliphatic carbocycles. The third-order valence-electron chi connectivity index (χ3n) is 8.53. The number of carbonyl (C=O) groups is 2. The van der Waals surface area contributed by atoms with E-state index in [1.807, 2.05) is 31.2 Å². The predicted molar refractivity (Wildman–Crippen MR) is 166 cm³/mol. The van der Waals surface area contributed by atoms with Crippen LogP contribution in [0.3, 0.4) is 0 Å². The number of carbonyl (C=O) groups excluding carboxylic acids is 2. The fourth-order valence-electron chi connectivity index (χ4n) is 6.33. The minimum atomic E-state index is -4.76. The second kappa shape index (κ2) is 14.4. The second-order valence-electron chi connectivity index (χ2n) is 12.6. The third-order valence-corrected chi connectivity index (χ3v) is 8.53. The highest BCUT2D eigenvalue weighted by Gasteiger charge is 2.52. The van der Waals surface area contributed by atoms with Crippen LogP contribution >= 0.6 is 0 Å². The van der Waals surface area contributed by atoms with Crippen LogP contribution in [0.25, 0.3) is 0 Å². The van der Waals surface area contributed by atoms with E-state index in [0.717, 1.165) is 42.5 Å². The molecule has 1 saturated carbocycles. The highest BCUT2D eigenvalue weighted by molar-refractivity contribution is 6.46. The molecule has 0 radical (unpaired) electrons. The zero-order valence-electron chi connectivity index (χ0n) is 26.1. The Bertz CT molecular complexity index is 1390. The summed E-state index contributed by atoms with van der Waals surface area (Å²) < 4.78 is 55.2. The van der Waals surface area contributed by atoms with Crippen molar-refractivity contribution in [2.45, 2.75) is 90.5 Å². The van der Waals surface area contributed by atoms with Gasteiger partial charge in [0.2, 0.25) is 6.41 Å². The largest absolute Gasteiger partial charge is 0.416 e. The van der Waals surface area contributed by atoms with Gasteiger partial charge in [-0.25, -0.2) is 15.8 Å². The van der Waals surface area contributed by atoms with Crippen molar-refractivity contribution in [2.75, 3.05) is 0 Å². The Labute approximate surface area is 261 Å². The van der Waals surface area contributed by atoms with Crippen molar-refractivity contribution >= 4 is 23.9 Å². The van der Waals surface area contributed by atoms with Gasteiger partial charge in [0.25, 0.3) is 5.91 Å². The van der Waals surface area contributed by atoms with Gasteiger partial charge in [0.05, 0.1) is 11.6 Å². The Morgan fingerprint density at radius 2 is 1.76 bits per heavy atom. The number of nitrogens with two attached hydrogens (primary N) is 3. The van der Waals surface area contributed by atoms with Crippen LogP contribution in [0.5, 0.6) is 0 Å². The van der Waals surface area contributed by atoms with Crippen molar-refractivity contribution in [1.82, 2.24) is 10.4 Å². The molecule has 1 atom stereocenters. The number of nitrogens with zero attached hydrogens (tertiary/aromatic N) is 3. The Morgan fingerprint density at radius 1 is 1.16 bits per heavy atom. The zero-order chi connectivity index (χ0) is 33.6. The fourth-order valence-corrected chi connectivity index (χ4v) is 6.33. The van der Waals surface area contributed by atoms with Crippen molar-refractivity contribution in [3.63, 3.8) is 0 Å². The molecule has 1 aliphatic heterocycles. The van der Waals surface area contributed by atoms with Gasteiger partial charge < -0.3 is 16.4 Å². The number of aliphatic imine (C=N–C) groups is 1. The van der Waals surface area contributed by atoms with Crippen LogP contribution in [-0.4, -0.2) is 34.4 Å². The number of alkyl halides is 3. The first-order chi connectivity index (χ1) is 21.1. The Hall–Kier alpha value is -4.00. The molecule has 7 N–H and O–H groups in total. The average Bonchev–Trinajstić information content (AvgIpc) is 3.22. The molecular weight excluding hydrogens is 590 g/mol. The molecule has 1 fully saturated rings. The number of hydrogen-bond donors (Lipinski definition) is 4. The van der Waals surface area contributed by atoms with E-state index in [2.05, 4.69) is 37.1 Å². The molecule has 4 rings (SSSR count). The molecule has 45 heavy (non-hydrogen) atoms. The van der Waals surface area contributed by atoms with Crippen LogP contribution in [0, 0.1) is 17.2 Å². The van der Waals surface area contributed by atoms with E-state index >= 15 is 0 Å². The van der Waals surface area contributed by atoms with E-state index in [1.165, 1.54) is 0 Å². The normalized spacial score (nSPS) is 21.2. The summed E-state index contributed by atoms with van der Waals surface area (Å²) in [5.41, 5.74) is 11.7. The number of rotatable bonds is 8. The van der Waals surface area contributed by atoms with E-state index < -0.39 is 29.1 Å². The van der Waals surface area contributed by atoms with Gasteiger partial charge in [-0.05, 0) is 72.8 Å². The fraction of sp³-hybridized carbons (Fsp3) is 0.500. The van der Waals surface area contributed by atoms with Gasteiger partial charge in [-0.2, -0.15) is 18.3 Å². The van der Waals surface area contributed by atoms with Crippen LogP contribution < -0.4 is 22.8 Å². The van der Waals surface area contributed by atoms with Gasteiger partial charge in [0.1, 0.15) is 23.0 Å². The molecule has 1 spiro atoms. The van der Waals surface area contributed by atoms with E-state index in [1.54, 1.807) is 4.90 Å². The van der Waals surface area contributed by atoms with Gasteiger partial charge in [0, 0.05) is 12.0 Å². The quantitative estimate of drug-likeness (QED) is 0.0774. The molecule has 2 amide bonds. The van der Waals surface area contributed by atoms with Gasteiger partial charge in [-0.1, -0.05) is 58.4 Å². The summed E-state index contributed by atoms with van der Waals surface area (Å²) in [7, 11) is 0. The molecule has 2 aromatic rings. The summed E-state index contributed by atoms with van der Waals surface area (Å²) >= 11 is 0. The first kappa shape index (κ1) is 35.5. The maximum atomic E-state index is 14.5. The molecule has 246 valence electrons. The zero-order valence-corrected chi connectivity index (χ0v) is 26.1. The first-order valence-electron chi connectivity index (χ1n) is 14.9. The van der Waals surface area contributed by atoms with Crippen molar-refractivity contribution in [3.8, 4) is 0 Å². The number of primary amides is 1. The maximum absolute atomic E-state index is 14.5. The highest BCUT2D eigenvalue weighted by Crippen LogP contribution is 2.50. The summed E-state index contributed by atoms with van der Waals surface area (Å²) in [6, 6.07) is 9.53. The lowest BCUT2D eigenvalue weighted by molar-refractivity contribution is -0.138. The monoisotopic (exact) mass is 633 g/mol. The number of hydrazone groups is 1. The summed E-state index contributed by atoms with van der Waals surface area (Å²) in [6.07, 6.45) is 0.00737. The standard InChI is InChI=1S/C31H40F4N6O.CH3NO/c1-5-6-25(20-9-7-19(8-10-20)15-26(36)39-40-37)41-28(42)27(21-16-23(31(33,34)35)18-24(32)17-21)38-30(41)13-11-22(12-14-30)29(2,3)4;2-1-3/h7-10,16-18,22,25,40H,5-6,11-15,37H2,1-4H3,(H2,36,39);1H,(H2,2,3). The smallest absolute Gasteiger partial charge is 0.385 e. The molecule has 2 aliphatic rings. The van der Waals surface area contributed by atoms with Gasteiger partial charge >= 0.3 is 6.18 Å². The number of amides is 2. The van der Waals surface area contributed by atoms with Crippen molar-refractivity contribution in [3.05, 3.63) is 70.5 Å². The molecule has 1 heterocycles. The van der Waals surface area contributed by atoms with E-state index in [9.17, 15) is 22.4 Å². The number of hydrogen-bond acceptors (Lipinski definition) is 6. The SMILES string of the molecule is CCCC(c1ccc(C/C(N)=N/NN)cc1)N1C(=O)C(c2cc(F)cc(C(F)(F)F)c2)=NC12CCC(C(C)(C)C)CC2.NC=O. The van der Waals surface area contributed by atoms with Crippen LogP contribution in [-0.2, 0) is 22.2 Å². The Morgan fingerprint density at radius 3 is 2.27 bits per heavy atom. The molecule has 2 aromatic carbocycles. The summed E-state index contributed by atoms with van der Waals surface area (Å²) in [4.78, 5) is 29.5. The highest BCUT2D eigenvalue weighted by atomic mass is 19.4. The average molecular weight is 634 g/mol. The predicted octanol–water partition coefficient (Wildman–Crippen LogP) is 5.33. The van der Waals surface area contributed by atoms with Crippen molar-refractivity contribution < 1.29 is 27.2 Å². The number of amidine groups is 1. The van der Waals surface area contributed by atoms with E-state index in [0.29, 0.717) is 43.5 Å². The third kappa shape index (κ3) is 8.38. The van der Waals surface area contributed by atoms with Crippen molar-refractivity contribution in [1.29, 1.82) is 0 Å². The van der Waals surface area contributed by atoms with Gasteiger partial charge in [-0.15, -0.1) is 0 Å². The summed E-state index contributed by atoms with van der Waals surface area (Å²) in [5, 5.41) is 3.78. The summed E-state index contributed by atoms with van der Waals surface area (Å²) in [6.45, 7) is 8.59. The van der Waals surface area contributed by atoms with E-state index in [4.69, 9.17) is 21.4 Å². The Balaban J connectivity index is 0.00000177. The number of benzene rings is 2. The second-order valence-corrected chi connectivity index (χ2v) is 12.6. The van der Waals surface area contributed by atoms with Crippen LogP contribution in [0.4, 0.5) is 17.6 Å². The molecule has 0 bridgehead atoms. The lowest BCUT2D eigenvalue weighted by Crippen LogP contribution is -2.51. The molecule has 1 unspecified atom stereocenters. The number of nitrogens with one attached hydrogen (secondary N) is 1. The topological polar surface area (TPSA) is 152 Å². The minimum Gasteiger partial charge on any atom is -0.385 e. The number of hydrazine groups is 1.